The Bertz CT molecular complexity index is 829. The molecule has 2 heterocycles. The summed E-state index contributed by atoms with van der Waals surface area (Å²) in [5.74, 6) is 2.91. The monoisotopic (exact) mass is 338 g/mol. The third-order valence-corrected chi connectivity index (χ3v) is 4.64. The fourth-order valence-corrected chi connectivity index (χ4v) is 3.26. The molecule has 122 valence electrons. The van der Waals surface area contributed by atoms with Gasteiger partial charge in [0.2, 0.25) is 0 Å². The molecule has 2 aromatic heterocycles. The summed E-state index contributed by atoms with van der Waals surface area (Å²) in [7, 11) is 0. The first-order valence-corrected chi connectivity index (χ1v) is 8.73. The van der Waals surface area contributed by atoms with Crippen molar-refractivity contribution in [2.24, 2.45) is 0 Å². The van der Waals surface area contributed by atoms with E-state index < -0.39 is 0 Å². The largest absolute Gasteiger partial charge is 0.467 e. The van der Waals surface area contributed by atoms with Gasteiger partial charge in [0.25, 0.3) is 0 Å². The van der Waals surface area contributed by atoms with E-state index in [-0.39, 0.29) is 5.92 Å². The van der Waals surface area contributed by atoms with Crippen molar-refractivity contribution in [3.63, 3.8) is 0 Å². The minimum Gasteiger partial charge on any atom is -0.467 e. The average Bonchev–Trinajstić information content (AvgIpc) is 3.24. The zero-order chi connectivity index (χ0) is 16.9. The Morgan fingerprint density at radius 3 is 2.62 bits per heavy atom. The third-order valence-electron chi connectivity index (χ3n) is 3.61. The number of rotatable bonds is 6. The topological polar surface area (TPSA) is 67.6 Å². The molecule has 0 amide bonds. The first kappa shape index (κ1) is 16.3. The number of hydrogen-bond donors (Lipinski definition) is 0. The maximum atomic E-state index is 8.86. The zero-order valence-corrected chi connectivity index (χ0v) is 14.5. The summed E-state index contributed by atoms with van der Waals surface area (Å²) in [6.07, 6.45) is 1.68. The van der Waals surface area contributed by atoms with Gasteiger partial charge in [0.15, 0.2) is 5.16 Å². The normalized spacial score (nSPS) is 10.9. The van der Waals surface area contributed by atoms with E-state index in [2.05, 4.69) is 34.7 Å². The van der Waals surface area contributed by atoms with E-state index in [9.17, 15) is 0 Å². The van der Waals surface area contributed by atoms with Crippen molar-refractivity contribution in [1.82, 2.24) is 14.8 Å². The number of nitrogens with zero attached hydrogens (tertiary/aromatic N) is 4. The van der Waals surface area contributed by atoms with E-state index in [1.165, 1.54) is 0 Å². The van der Waals surface area contributed by atoms with Crippen molar-refractivity contribution < 1.29 is 4.42 Å². The minimum absolute atomic E-state index is 0.289. The van der Waals surface area contributed by atoms with Crippen molar-refractivity contribution in [3.05, 3.63) is 65.4 Å². The molecule has 3 aromatic rings. The maximum absolute atomic E-state index is 8.86. The molecule has 0 N–H and O–H groups in total. The Kier molecular flexibility index (Phi) is 5.02. The molecule has 3 rings (SSSR count). The molecule has 6 heteroatoms. The van der Waals surface area contributed by atoms with E-state index in [0.717, 1.165) is 28.1 Å². The van der Waals surface area contributed by atoms with Crippen LogP contribution in [0.25, 0.3) is 0 Å². The molecule has 1 aromatic carbocycles. The molecule has 0 unspecified atom stereocenters. The van der Waals surface area contributed by atoms with Crippen LogP contribution in [0.3, 0.4) is 0 Å². The molecule has 0 bridgehead atoms. The first-order chi connectivity index (χ1) is 11.7. The number of benzene rings is 1. The van der Waals surface area contributed by atoms with Crippen LogP contribution in [0, 0.1) is 11.3 Å². The minimum atomic E-state index is 0.289. The lowest BCUT2D eigenvalue weighted by Gasteiger charge is -2.10. The Balaban J connectivity index is 1.78. The van der Waals surface area contributed by atoms with Crippen LogP contribution in [-0.4, -0.2) is 14.8 Å². The molecule has 0 saturated carbocycles. The molecule has 0 aliphatic carbocycles. The lowest BCUT2D eigenvalue weighted by atomic mass is 10.2. The van der Waals surface area contributed by atoms with Gasteiger partial charge in [0.1, 0.15) is 11.6 Å². The summed E-state index contributed by atoms with van der Waals surface area (Å²) in [4.78, 5) is 0. The van der Waals surface area contributed by atoms with Crippen molar-refractivity contribution in [2.75, 3.05) is 0 Å². The van der Waals surface area contributed by atoms with E-state index in [1.807, 2.05) is 36.4 Å². The second kappa shape index (κ2) is 7.37. The summed E-state index contributed by atoms with van der Waals surface area (Å²) in [5, 5.41) is 18.4. The van der Waals surface area contributed by atoms with Crippen molar-refractivity contribution in [2.45, 2.75) is 37.2 Å². The lowest BCUT2D eigenvalue weighted by Crippen LogP contribution is -2.07. The number of thioether (sulfide) groups is 1. The summed E-state index contributed by atoms with van der Waals surface area (Å²) in [5.41, 5.74) is 1.82. The van der Waals surface area contributed by atoms with Gasteiger partial charge in [-0.15, -0.1) is 10.2 Å². The van der Waals surface area contributed by atoms with Crippen LogP contribution in [0.15, 0.2) is 52.2 Å². The number of aromatic nitrogens is 3. The Labute approximate surface area is 145 Å². The molecular weight excluding hydrogens is 320 g/mol. The molecule has 0 spiro atoms. The summed E-state index contributed by atoms with van der Waals surface area (Å²) >= 11 is 1.64. The smallest absolute Gasteiger partial charge is 0.191 e. The standard InChI is InChI=1S/C18H18N4OS/c1-13(2)17-20-21-18(22(17)11-16-4-3-9-23-16)24-12-15-7-5-14(10-19)6-8-15/h3-9,13H,11-12H2,1-2H3. The highest BCUT2D eigenvalue weighted by Crippen LogP contribution is 2.25. The maximum Gasteiger partial charge on any atom is 0.191 e. The van der Waals surface area contributed by atoms with Crippen molar-refractivity contribution >= 4 is 11.8 Å². The first-order valence-electron chi connectivity index (χ1n) is 7.74. The zero-order valence-electron chi connectivity index (χ0n) is 13.6. The Hall–Kier alpha value is -2.52. The van der Waals surface area contributed by atoms with Crippen LogP contribution in [-0.2, 0) is 12.3 Å². The Morgan fingerprint density at radius 1 is 1.21 bits per heavy atom. The Morgan fingerprint density at radius 2 is 2.00 bits per heavy atom. The lowest BCUT2D eigenvalue weighted by molar-refractivity contribution is 0.475. The van der Waals surface area contributed by atoms with Gasteiger partial charge in [-0.25, -0.2) is 0 Å². The van der Waals surface area contributed by atoms with Gasteiger partial charge in [-0.2, -0.15) is 5.26 Å². The predicted octanol–water partition coefficient (Wildman–Crippen LogP) is 4.21. The van der Waals surface area contributed by atoms with Gasteiger partial charge in [0.05, 0.1) is 24.4 Å². The van der Waals surface area contributed by atoms with Gasteiger partial charge in [0, 0.05) is 11.7 Å². The molecular formula is C18H18N4OS. The molecule has 5 nitrogen and oxygen atoms in total. The third kappa shape index (κ3) is 3.69. The van der Waals surface area contributed by atoms with Gasteiger partial charge in [-0.3, -0.25) is 4.57 Å². The number of hydrogen-bond acceptors (Lipinski definition) is 5. The molecule has 0 radical (unpaired) electrons. The van der Waals surface area contributed by atoms with Crippen LogP contribution in [0.5, 0.6) is 0 Å². The van der Waals surface area contributed by atoms with Crippen molar-refractivity contribution in [1.29, 1.82) is 5.26 Å². The average molecular weight is 338 g/mol. The second-order valence-electron chi connectivity index (χ2n) is 5.76. The summed E-state index contributed by atoms with van der Waals surface area (Å²) in [6, 6.07) is 13.6. The van der Waals surface area contributed by atoms with Gasteiger partial charge in [-0.05, 0) is 29.8 Å². The van der Waals surface area contributed by atoms with Gasteiger partial charge >= 0.3 is 0 Å². The molecule has 0 fully saturated rings. The van der Waals surface area contributed by atoms with E-state index in [1.54, 1.807) is 18.0 Å². The van der Waals surface area contributed by atoms with Crippen LogP contribution >= 0.6 is 11.8 Å². The van der Waals surface area contributed by atoms with E-state index >= 15 is 0 Å². The molecule has 24 heavy (non-hydrogen) atoms. The summed E-state index contributed by atoms with van der Waals surface area (Å²) < 4.78 is 7.58. The van der Waals surface area contributed by atoms with Crippen LogP contribution in [0.2, 0.25) is 0 Å². The van der Waals surface area contributed by atoms with Gasteiger partial charge < -0.3 is 4.42 Å². The van der Waals surface area contributed by atoms with Crippen LogP contribution in [0.1, 0.15) is 42.5 Å². The highest BCUT2D eigenvalue weighted by molar-refractivity contribution is 7.98. The van der Waals surface area contributed by atoms with E-state index in [4.69, 9.17) is 9.68 Å². The van der Waals surface area contributed by atoms with Crippen LogP contribution in [0.4, 0.5) is 0 Å². The van der Waals surface area contributed by atoms with Gasteiger partial charge in [-0.1, -0.05) is 37.7 Å². The fraction of sp³-hybridized carbons (Fsp3) is 0.278. The second-order valence-corrected chi connectivity index (χ2v) is 6.70. The number of furan rings is 1. The SMILES string of the molecule is CC(C)c1nnc(SCc2ccc(C#N)cc2)n1Cc1ccco1. The molecule has 0 saturated heterocycles. The van der Waals surface area contributed by atoms with Crippen molar-refractivity contribution in [3.8, 4) is 6.07 Å². The van der Waals surface area contributed by atoms with Crippen LogP contribution < -0.4 is 0 Å². The van der Waals surface area contributed by atoms with E-state index in [0.29, 0.717) is 12.1 Å². The molecule has 0 aliphatic rings. The summed E-state index contributed by atoms with van der Waals surface area (Å²) in [6.45, 7) is 4.85. The molecule has 0 atom stereocenters. The number of nitriles is 1. The quantitative estimate of drug-likeness (QED) is 0.630. The predicted molar refractivity (Wildman–Crippen MR) is 92.6 cm³/mol. The fourth-order valence-electron chi connectivity index (χ4n) is 2.36. The highest BCUT2D eigenvalue weighted by Gasteiger charge is 2.16. The molecule has 0 aliphatic heterocycles. The highest BCUT2D eigenvalue weighted by atomic mass is 32.2.